The molecule has 4 saturated carbocycles. The molecule has 5 aliphatic rings. The molecule has 4 fully saturated rings. The number of nitrogens with one attached hydrogen (secondary N) is 1. The highest BCUT2D eigenvalue weighted by molar-refractivity contribution is 8.16. The topological polar surface area (TPSA) is 41.5 Å². The molecule has 1 atom stereocenters. The lowest BCUT2D eigenvalue weighted by Crippen LogP contribution is -2.59. The van der Waals surface area contributed by atoms with E-state index in [0.29, 0.717) is 5.92 Å². The minimum Gasteiger partial charge on any atom is -0.359 e. The molecular formula is C17H26N2OS. The Balaban J connectivity index is 1.52. The van der Waals surface area contributed by atoms with Crippen LogP contribution in [-0.4, -0.2) is 21.4 Å². The second-order valence-corrected chi connectivity index (χ2v) is 9.85. The lowest BCUT2D eigenvalue weighted by molar-refractivity contribution is -0.120. The van der Waals surface area contributed by atoms with Gasteiger partial charge in [-0.2, -0.15) is 4.99 Å². The van der Waals surface area contributed by atoms with Crippen molar-refractivity contribution in [3.05, 3.63) is 0 Å². The molecule has 0 aromatic heterocycles. The molecular weight excluding hydrogens is 280 g/mol. The molecule has 4 bridgehead atoms. The van der Waals surface area contributed by atoms with E-state index in [0.717, 1.165) is 22.9 Å². The maximum atomic E-state index is 12.3. The van der Waals surface area contributed by atoms with Gasteiger partial charge in [0, 0.05) is 5.54 Å². The largest absolute Gasteiger partial charge is 0.359 e. The molecule has 1 unspecified atom stereocenters. The Morgan fingerprint density at radius 1 is 1.14 bits per heavy atom. The summed E-state index contributed by atoms with van der Waals surface area (Å²) in [6.45, 7) is 6.28. The first-order chi connectivity index (χ1) is 9.88. The monoisotopic (exact) mass is 306 g/mol. The van der Waals surface area contributed by atoms with Crippen LogP contribution in [0.3, 0.4) is 0 Å². The second-order valence-electron chi connectivity index (χ2n) is 8.41. The fourth-order valence-corrected chi connectivity index (χ4v) is 6.55. The van der Waals surface area contributed by atoms with E-state index in [4.69, 9.17) is 0 Å². The van der Waals surface area contributed by atoms with Crippen LogP contribution >= 0.6 is 11.8 Å². The standard InChI is InChI=1S/C17H26N2OS/c1-10(2)16(3)14(20)18-15(21-16)19-17-7-11-4-12(8-17)6-13(5-11)9-17/h10-13H,4-9H2,1-3H3,(H,18,19,20). The molecule has 4 heteroatoms. The van der Waals surface area contributed by atoms with Gasteiger partial charge in [0.05, 0.1) is 0 Å². The Bertz CT molecular complexity index is 478. The summed E-state index contributed by atoms with van der Waals surface area (Å²) in [4.78, 5) is 16.7. The van der Waals surface area contributed by atoms with Crippen molar-refractivity contribution < 1.29 is 4.79 Å². The number of carbonyl (C=O) groups excluding carboxylic acids is 1. The van der Waals surface area contributed by atoms with Crippen LogP contribution in [0.1, 0.15) is 59.3 Å². The number of hydrogen-bond donors (Lipinski definition) is 1. The van der Waals surface area contributed by atoms with E-state index >= 15 is 0 Å². The van der Waals surface area contributed by atoms with E-state index in [1.54, 1.807) is 11.8 Å². The Hall–Kier alpha value is -0.510. The molecule has 5 rings (SSSR count). The summed E-state index contributed by atoms with van der Waals surface area (Å²) < 4.78 is -0.370. The second kappa shape index (κ2) is 4.50. The van der Waals surface area contributed by atoms with E-state index in [-0.39, 0.29) is 16.2 Å². The molecule has 1 heterocycles. The quantitative estimate of drug-likeness (QED) is 0.847. The van der Waals surface area contributed by atoms with Crippen molar-refractivity contribution in [1.82, 2.24) is 5.32 Å². The number of nitrogens with zero attached hydrogens (tertiary/aromatic N) is 1. The van der Waals surface area contributed by atoms with Crippen LogP contribution in [-0.2, 0) is 4.79 Å². The third-order valence-electron chi connectivity index (χ3n) is 6.45. The van der Waals surface area contributed by atoms with E-state index in [1.165, 1.54) is 38.5 Å². The average molecular weight is 306 g/mol. The van der Waals surface area contributed by atoms with Gasteiger partial charge < -0.3 is 5.32 Å². The summed E-state index contributed by atoms with van der Waals surface area (Å²) in [6.07, 6.45) is 8.23. The van der Waals surface area contributed by atoms with Gasteiger partial charge in [0.1, 0.15) is 4.75 Å². The van der Waals surface area contributed by atoms with Gasteiger partial charge in [-0.1, -0.05) is 25.6 Å². The minimum atomic E-state index is -0.370. The first kappa shape index (κ1) is 14.1. The molecule has 21 heavy (non-hydrogen) atoms. The van der Waals surface area contributed by atoms with Crippen LogP contribution in [0.2, 0.25) is 0 Å². The third-order valence-corrected chi connectivity index (χ3v) is 7.91. The Morgan fingerprint density at radius 2 is 1.67 bits per heavy atom. The predicted molar refractivity (Wildman–Crippen MR) is 87.3 cm³/mol. The van der Waals surface area contributed by atoms with Crippen molar-refractivity contribution in [3.8, 4) is 0 Å². The molecule has 1 N–H and O–H groups in total. The summed E-state index contributed by atoms with van der Waals surface area (Å²) in [5.41, 5.74) is 0.253. The van der Waals surface area contributed by atoms with Gasteiger partial charge in [-0.25, -0.2) is 0 Å². The summed E-state index contributed by atoms with van der Waals surface area (Å²) >= 11 is 1.67. The predicted octanol–water partition coefficient (Wildman–Crippen LogP) is 3.59. The number of hydrogen-bond acceptors (Lipinski definition) is 3. The highest BCUT2D eigenvalue weighted by Gasteiger charge is 2.53. The number of rotatable bonds is 2. The van der Waals surface area contributed by atoms with Crippen molar-refractivity contribution in [3.63, 3.8) is 0 Å². The van der Waals surface area contributed by atoms with Crippen LogP contribution in [0.15, 0.2) is 4.99 Å². The molecule has 0 saturated heterocycles. The first-order valence-electron chi connectivity index (χ1n) is 8.49. The van der Waals surface area contributed by atoms with Crippen LogP contribution in [0.4, 0.5) is 0 Å². The van der Waals surface area contributed by atoms with Crippen LogP contribution in [0.25, 0.3) is 0 Å². The molecule has 0 spiro atoms. The van der Waals surface area contributed by atoms with E-state index in [2.05, 4.69) is 24.2 Å². The van der Waals surface area contributed by atoms with E-state index in [9.17, 15) is 4.79 Å². The van der Waals surface area contributed by atoms with Gasteiger partial charge in [0.15, 0.2) is 5.17 Å². The Morgan fingerprint density at radius 3 is 2.10 bits per heavy atom. The molecule has 0 aromatic rings. The zero-order valence-electron chi connectivity index (χ0n) is 13.3. The van der Waals surface area contributed by atoms with E-state index < -0.39 is 0 Å². The fourth-order valence-electron chi connectivity index (χ4n) is 5.38. The highest BCUT2D eigenvalue weighted by Crippen LogP contribution is 2.56. The Labute approximate surface area is 131 Å². The maximum Gasteiger partial charge on any atom is 0.264 e. The van der Waals surface area contributed by atoms with Crippen molar-refractivity contribution in [2.45, 2.75) is 69.6 Å². The zero-order valence-corrected chi connectivity index (χ0v) is 14.1. The maximum absolute atomic E-state index is 12.3. The van der Waals surface area contributed by atoms with Gasteiger partial charge in [-0.3, -0.25) is 4.79 Å². The molecule has 116 valence electrons. The van der Waals surface area contributed by atoms with Gasteiger partial charge in [-0.05, 0) is 69.1 Å². The van der Waals surface area contributed by atoms with Gasteiger partial charge in [0.2, 0.25) is 0 Å². The zero-order chi connectivity index (χ0) is 14.8. The number of amides is 1. The summed E-state index contributed by atoms with van der Waals surface area (Å²) in [5, 5.41) is 4.66. The highest BCUT2D eigenvalue weighted by atomic mass is 32.2. The minimum absolute atomic E-state index is 0.0507. The van der Waals surface area contributed by atoms with Crippen molar-refractivity contribution in [1.29, 1.82) is 0 Å². The number of thioether (sulfide) groups is 1. The van der Waals surface area contributed by atoms with Crippen molar-refractivity contribution >= 4 is 22.8 Å². The smallest absolute Gasteiger partial charge is 0.264 e. The lowest BCUT2D eigenvalue weighted by atomic mass is 9.53. The SMILES string of the molecule is CC(C)C1(C)SC(NC23CC4CC(CC(C4)C2)C3)=NC1=O. The summed E-state index contributed by atoms with van der Waals surface area (Å²) in [7, 11) is 0. The van der Waals surface area contributed by atoms with Gasteiger partial charge >= 0.3 is 0 Å². The van der Waals surface area contributed by atoms with Crippen molar-refractivity contribution in [2.75, 3.05) is 0 Å². The number of aliphatic imine (C=N–C) groups is 1. The molecule has 0 aromatic carbocycles. The number of amidine groups is 1. The molecule has 1 aliphatic heterocycles. The molecule has 0 radical (unpaired) electrons. The molecule has 1 amide bonds. The van der Waals surface area contributed by atoms with Gasteiger partial charge in [0.25, 0.3) is 5.91 Å². The lowest BCUT2D eigenvalue weighted by Gasteiger charge is -2.57. The van der Waals surface area contributed by atoms with E-state index in [1.807, 2.05) is 6.92 Å². The van der Waals surface area contributed by atoms with Crippen LogP contribution in [0, 0.1) is 23.7 Å². The Kier molecular flexibility index (Phi) is 3.02. The van der Waals surface area contributed by atoms with Crippen molar-refractivity contribution in [2.24, 2.45) is 28.7 Å². The van der Waals surface area contributed by atoms with Crippen LogP contribution in [0.5, 0.6) is 0 Å². The summed E-state index contributed by atoms with van der Waals surface area (Å²) in [5.74, 6) is 3.12. The normalized spacial score (nSPS) is 48.1. The fraction of sp³-hybridized carbons (Fsp3) is 0.882. The number of carbonyl (C=O) groups is 1. The average Bonchev–Trinajstić information content (AvgIpc) is 2.62. The summed E-state index contributed by atoms with van der Waals surface area (Å²) in [6, 6.07) is 0. The first-order valence-corrected chi connectivity index (χ1v) is 9.30. The molecule has 3 nitrogen and oxygen atoms in total. The molecule has 4 aliphatic carbocycles. The van der Waals surface area contributed by atoms with Gasteiger partial charge in [-0.15, -0.1) is 0 Å². The van der Waals surface area contributed by atoms with Crippen LogP contribution < -0.4 is 5.32 Å². The third kappa shape index (κ3) is 2.16.